The van der Waals surface area contributed by atoms with Crippen molar-refractivity contribution in [3.8, 4) is 0 Å². The number of unbranched alkanes of at least 4 members (excludes halogenated alkanes) is 42. The number of hydrogen-bond donors (Lipinski definition) is 3. The summed E-state index contributed by atoms with van der Waals surface area (Å²) in [5, 5.41) is 10.6. The van der Waals surface area contributed by atoms with E-state index in [0.717, 1.165) is 121 Å². The Balaban J connectivity index is 5.22. The predicted molar refractivity (Wildman–Crippen MR) is 400 cm³/mol. The van der Waals surface area contributed by atoms with Gasteiger partial charge in [-0.1, -0.05) is 336 Å². The van der Waals surface area contributed by atoms with E-state index in [1.165, 1.54) is 186 Å². The van der Waals surface area contributed by atoms with E-state index in [9.17, 15) is 43.2 Å². The van der Waals surface area contributed by atoms with Crippen molar-refractivity contribution in [2.75, 3.05) is 39.6 Å². The molecule has 0 radical (unpaired) electrons. The van der Waals surface area contributed by atoms with E-state index in [4.69, 9.17) is 37.0 Å². The molecule has 0 aromatic carbocycles. The number of aliphatic hydroxyl groups excluding tert-OH is 1. The second-order valence-electron chi connectivity index (χ2n) is 28.5. The van der Waals surface area contributed by atoms with Gasteiger partial charge in [-0.3, -0.25) is 37.3 Å². The smallest absolute Gasteiger partial charge is 0.462 e. The molecule has 0 heterocycles. The van der Waals surface area contributed by atoms with Gasteiger partial charge in [0, 0.05) is 25.7 Å². The minimum Gasteiger partial charge on any atom is -0.462 e. The topological polar surface area (TPSA) is 237 Å². The van der Waals surface area contributed by atoms with Crippen molar-refractivity contribution in [2.24, 2.45) is 11.8 Å². The first-order chi connectivity index (χ1) is 47.4. The van der Waals surface area contributed by atoms with Gasteiger partial charge in [0.1, 0.15) is 19.3 Å². The van der Waals surface area contributed by atoms with Crippen molar-refractivity contribution in [3.05, 3.63) is 24.3 Å². The van der Waals surface area contributed by atoms with Crippen LogP contribution in [0.3, 0.4) is 0 Å². The van der Waals surface area contributed by atoms with Crippen LogP contribution in [-0.2, 0) is 65.4 Å². The molecule has 3 unspecified atom stereocenters. The average Bonchev–Trinajstić information content (AvgIpc) is 0.987. The highest BCUT2D eigenvalue weighted by Gasteiger charge is 2.30. The van der Waals surface area contributed by atoms with Gasteiger partial charge < -0.3 is 33.8 Å². The molecule has 0 aliphatic rings. The van der Waals surface area contributed by atoms with Crippen molar-refractivity contribution < 1.29 is 80.2 Å². The Hall–Kier alpha value is -2.46. The van der Waals surface area contributed by atoms with Crippen LogP contribution in [0.2, 0.25) is 0 Å². The average molecular weight is 1430 g/mol. The quantitative estimate of drug-likeness (QED) is 0.0169. The summed E-state index contributed by atoms with van der Waals surface area (Å²) in [5.74, 6) is -0.540. The van der Waals surface area contributed by atoms with Crippen LogP contribution in [0.5, 0.6) is 0 Å². The van der Waals surface area contributed by atoms with Crippen LogP contribution < -0.4 is 0 Å². The summed E-state index contributed by atoms with van der Waals surface area (Å²) in [6.07, 6.45) is 61.9. The number of allylic oxidation sites excluding steroid dienone is 4. The fraction of sp³-hybridized carbons (Fsp3) is 0.899. The maximum absolute atomic E-state index is 13.1. The molecule has 0 rings (SSSR count). The zero-order valence-electron chi connectivity index (χ0n) is 63.6. The van der Waals surface area contributed by atoms with Gasteiger partial charge in [-0.25, -0.2) is 9.13 Å². The van der Waals surface area contributed by atoms with Crippen LogP contribution in [0.15, 0.2) is 24.3 Å². The normalized spacial score (nSPS) is 14.4. The number of carbonyl (C=O) groups excluding carboxylic acids is 4. The van der Waals surface area contributed by atoms with Crippen molar-refractivity contribution in [1.29, 1.82) is 0 Å². The molecule has 0 fully saturated rings. The molecule has 3 N–H and O–H groups in total. The number of phosphoric ester groups is 2. The van der Waals surface area contributed by atoms with E-state index in [1.807, 2.05) is 0 Å². The van der Waals surface area contributed by atoms with Crippen LogP contribution in [-0.4, -0.2) is 96.7 Å². The molecular formula is C79H150O17P2. The van der Waals surface area contributed by atoms with Gasteiger partial charge in [0.05, 0.1) is 26.4 Å². The molecule has 19 heteroatoms. The predicted octanol–water partition coefficient (Wildman–Crippen LogP) is 23.1. The Morgan fingerprint density at radius 1 is 0.337 bits per heavy atom. The fourth-order valence-electron chi connectivity index (χ4n) is 11.6. The summed E-state index contributed by atoms with van der Waals surface area (Å²) in [4.78, 5) is 72.8. The maximum atomic E-state index is 13.1. The molecule has 0 saturated heterocycles. The van der Waals surface area contributed by atoms with Crippen LogP contribution in [0.25, 0.3) is 0 Å². The van der Waals surface area contributed by atoms with Gasteiger partial charge in [0.15, 0.2) is 12.2 Å². The molecule has 578 valence electrons. The zero-order chi connectivity index (χ0) is 72.1. The zero-order valence-corrected chi connectivity index (χ0v) is 65.4. The summed E-state index contributed by atoms with van der Waals surface area (Å²) >= 11 is 0. The SMILES string of the molecule is CCCCCC/C=C\C=C/CCCCCCCC(=O)OC[C@H](COP(=O)(O)OC[C@@H](O)COP(=O)(O)OC[C@@H](COC(=O)CCCCCCCCCCC)OC(=O)CCCCCCCCCCCC(C)C)OC(=O)CCCCCCCCCCCCCCCCCCCCC(C)CC. The summed E-state index contributed by atoms with van der Waals surface area (Å²) in [5.41, 5.74) is 0. The van der Waals surface area contributed by atoms with Crippen LogP contribution >= 0.6 is 15.6 Å². The molecule has 0 bridgehead atoms. The van der Waals surface area contributed by atoms with E-state index in [1.54, 1.807) is 0 Å². The summed E-state index contributed by atoms with van der Waals surface area (Å²) < 4.78 is 68.5. The third kappa shape index (κ3) is 70.6. The Labute approximate surface area is 599 Å². The van der Waals surface area contributed by atoms with Gasteiger partial charge in [-0.15, -0.1) is 0 Å². The second-order valence-corrected chi connectivity index (χ2v) is 31.4. The summed E-state index contributed by atoms with van der Waals surface area (Å²) in [6, 6.07) is 0. The number of hydrogen-bond acceptors (Lipinski definition) is 15. The Morgan fingerprint density at radius 3 is 0.918 bits per heavy atom. The van der Waals surface area contributed by atoms with Gasteiger partial charge in [-0.2, -0.15) is 0 Å². The van der Waals surface area contributed by atoms with E-state index in [2.05, 4.69) is 65.8 Å². The van der Waals surface area contributed by atoms with Crippen molar-refractivity contribution in [2.45, 2.75) is 407 Å². The maximum Gasteiger partial charge on any atom is 0.472 e. The van der Waals surface area contributed by atoms with E-state index >= 15 is 0 Å². The van der Waals surface area contributed by atoms with Gasteiger partial charge in [0.25, 0.3) is 0 Å². The van der Waals surface area contributed by atoms with Crippen LogP contribution in [0.1, 0.15) is 388 Å². The number of esters is 4. The van der Waals surface area contributed by atoms with Crippen molar-refractivity contribution >= 4 is 39.5 Å². The first-order valence-electron chi connectivity index (χ1n) is 40.3. The first kappa shape index (κ1) is 95.5. The molecule has 0 aromatic rings. The summed E-state index contributed by atoms with van der Waals surface area (Å²) in [6.45, 7) is 9.57. The Kier molecular flexibility index (Phi) is 68.5. The van der Waals surface area contributed by atoms with Crippen molar-refractivity contribution in [3.63, 3.8) is 0 Å². The summed E-state index contributed by atoms with van der Waals surface area (Å²) in [7, 11) is -9.92. The highest BCUT2D eigenvalue weighted by molar-refractivity contribution is 7.47. The fourth-order valence-corrected chi connectivity index (χ4v) is 13.2. The molecule has 17 nitrogen and oxygen atoms in total. The molecule has 0 amide bonds. The molecular weight excluding hydrogens is 1280 g/mol. The number of ether oxygens (including phenoxy) is 4. The van der Waals surface area contributed by atoms with Gasteiger partial charge in [-0.05, 0) is 63.2 Å². The molecule has 0 saturated carbocycles. The van der Waals surface area contributed by atoms with Crippen LogP contribution in [0, 0.1) is 11.8 Å². The number of rotatable bonds is 76. The third-order valence-electron chi connectivity index (χ3n) is 18.2. The van der Waals surface area contributed by atoms with E-state index < -0.39 is 97.5 Å². The lowest BCUT2D eigenvalue weighted by atomic mass is 9.99. The van der Waals surface area contributed by atoms with Crippen molar-refractivity contribution in [1.82, 2.24) is 0 Å². The highest BCUT2D eigenvalue weighted by atomic mass is 31.2. The lowest BCUT2D eigenvalue weighted by Gasteiger charge is -2.21. The first-order valence-corrected chi connectivity index (χ1v) is 43.3. The van der Waals surface area contributed by atoms with E-state index in [-0.39, 0.29) is 25.7 Å². The Morgan fingerprint density at radius 2 is 0.602 bits per heavy atom. The van der Waals surface area contributed by atoms with Crippen LogP contribution in [0.4, 0.5) is 0 Å². The van der Waals surface area contributed by atoms with E-state index in [0.29, 0.717) is 25.7 Å². The monoisotopic (exact) mass is 1430 g/mol. The van der Waals surface area contributed by atoms with Gasteiger partial charge in [0.2, 0.25) is 0 Å². The molecule has 0 aromatic heterocycles. The largest absolute Gasteiger partial charge is 0.472 e. The lowest BCUT2D eigenvalue weighted by Crippen LogP contribution is -2.30. The third-order valence-corrected chi connectivity index (χ3v) is 20.1. The number of phosphoric acid groups is 2. The standard InChI is InChI=1S/C79H150O17P2/c1-7-10-12-14-16-18-19-20-25-29-32-38-44-50-56-62-77(82)90-68-75(95-78(83)63-57-51-45-39-33-30-27-24-22-21-23-26-28-31-37-42-48-54-60-72(6)9-3)70-94-98(87,88)92-66-73(80)65-91-97(85,86)93-69-74(67-89-76(81)61-55-49-43-35-17-15-13-11-8-2)96-79(84)64-58-52-46-40-34-36-41-47-53-59-71(4)5/h18-20,25,71-75,80H,7-17,21-24,26-70H2,1-6H3,(H,85,86)(H,87,88)/b19-18-,25-20-/t72?,73-,74+,75+/m0/s1. The highest BCUT2D eigenvalue weighted by Crippen LogP contribution is 2.45. The minimum atomic E-state index is -4.97. The van der Waals surface area contributed by atoms with Gasteiger partial charge >= 0.3 is 39.5 Å². The molecule has 0 aliphatic heterocycles. The second kappa shape index (κ2) is 70.2. The minimum absolute atomic E-state index is 0.101. The number of aliphatic hydroxyl groups is 1. The Bertz CT molecular complexity index is 1990. The molecule has 0 aliphatic carbocycles. The number of carbonyl (C=O) groups is 4. The lowest BCUT2D eigenvalue weighted by molar-refractivity contribution is -0.161. The molecule has 0 spiro atoms. The molecule has 6 atom stereocenters. The molecule has 98 heavy (non-hydrogen) atoms.